The Hall–Kier alpha value is -4.00. The van der Waals surface area contributed by atoms with Crippen LogP contribution in [0.4, 0.5) is 17.5 Å². The normalized spacial score (nSPS) is 16.3. The van der Waals surface area contributed by atoms with Crippen LogP contribution in [-0.4, -0.2) is 58.2 Å². The third-order valence-electron chi connectivity index (χ3n) is 7.54. The van der Waals surface area contributed by atoms with Crippen LogP contribution in [-0.2, 0) is 16.4 Å². The highest BCUT2D eigenvalue weighted by Crippen LogP contribution is 2.44. The summed E-state index contributed by atoms with van der Waals surface area (Å²) in [6.07, 6.45) is 6.93. The number of hydrogen-bond donors (Lipinski definition) is 1. The summed E-state index contributed by atoms with van der Waals surface area (Å²) in [4.78, 5) is 40.6. The maximum absolute atomic E-state index is 13.9. The molecule has 5 rings (SSSR count). The van der Waals surface area contributed by atoms with Gasteiger partial charge in [-0.1, -0.05) is 6.92 Å². The Morgan fingerprint density at radius 1 is 1.22 bits per heavy atom. The summed E-state index contributed by atoms with van der Waals surface area (Å²) in [6.45, 7) is 9.30. The number of methoxy groups -OCH3 is 1. The zero-order valence-electron chi connectivity index (χ0n) is 23.7. The lowest BCUT2D eigenvalue weighted by atomic mass is 10.1. The highest BCUT2D eigenvalue weighted by Gasteiger charge is 2.34. The van der Waals surface area contributed by atoms with E-state index in [1.165, 1.54) is 18.6 Å². The molecule has 0 unspecified atom stereocenters. The molecule has 216 valence electrons. The third kappa shape index (κ3) is 5.90. The fourth-order valence-corrected chi connectivity index (χ4v) is 5.63. The van der Waals surface area contributed by atoms with Gasteiger partial charge in [0.2, 0.25) is 5.88 Å². The van der Waals surface area contributed by atoms with Gasteiger partial charge in [0, 0.05) is 18.2 Å². The minimum Gasteiger partial charge on any atom is -0.480 e. The molecule has 0 bridgehead atoms. The molecule has 3 heterocycles. The lowest BCUT2D eigenvalue weighted by molar-refractivity contribution is 0.395. The van der Waals surface area contributed by atoms with Gasteiger partial charge in [0.1, 0.15) is 6.33 Å². The molecule has 0 aromatic carbocycles. The van der Waals surface area contributed by atoms with Crippen molar-refractivity contribution in [2.75, 3.05) is 18.2 Å². The molecule has 3 aromatic heterocycles. The van der Waals surface area contributed by atoms with E-state index in [2.05, 4.69) is 37.0 Å². The SMILES string of the molecule is C=Nc1nc(NCc2ccc(S(=O)(=O)CC)cn2)c(=O)n([C@@H](C)C2CC2)c1/N=C(\C)c1c(OC)ncnc1C1CC1. The first-order valence-corrected chi connectivity index (χ1v) is 15.3. The standard InChI is InChI=1S/C28H34N8O4S/c1-6-41(38,39)21-12-11-20(30-14-21)13-31-25-28(37)36(17(3)18-7-8-18)26(24(29-4)35-25)34-16(2)22-23(19-9-10-19)32-15-33-27(22)40-5/h11-12,14-15,17-19H,4,6-10,13H2,1-3,5H3,(H,31,35)/b34-16+/t17-/m0/s1. The summed E-state index contributed by atoms with van der Waals surface area (Å²) in [6, 6.07) is 2.98. The molecule has 12 nitrogen and oxygen atoms in total. The molecule has 2 aliphatic carbocycles. The first kappa shape index (κ1) is 28.5. The van der Waals surface area contributed by atoms with Gasteiger partial charge in [-0.25, -0.2) is 33.4 Å². The summed E-state index contributed by atoms with van der Waals surface area (Å²) < 4.78 is 31.4. The van der Waals surface area contributed by atoms with E-state index in [1.54, 1.807) is 24.7 Å². The molecule has 3 aromatic rings. The smallest absolute Gasteiger partial charge is 0.295 e. The van der Waals surface area contributed by atoms with Crippen LogP contribution >= 0.6 is 0 Å². The highest BCUT2D eigenvalue weighted by atomic mass is 32.2. The van der Waals surface area contributed by atoms with Crippen molar-refractivity contribution in [2.45, 2.75) is 69.9 Å². The number of ether oxygens (including phenoxy) is 1. The number of hydrogen-bond acceptors (Lipinski definition) is 11. The van der Waals surface area contributed by atoms with Crippen molar-refractivity contribution in [1.29, 1.82) is 0 Å². The van der Waals surface area contributed by atoms with Gasteiger partial charge in [0.25, 0.3) is 5.56 Å². The molecule has 2 aliphatic rings. The number of pyridine rings is 1. The van der Waals surface area contributed by atoms with Gasteiger partial charge < -0.3 is 10.1 Å². The molecule has 13 heteroatoms. The predicted molar refractivity (Wildman–Crippen MR) is 157 cm³/mol. The molecule has 0 spiro atoms. The average molecular weight is 579 g/mol. The van der Waals surface area contributed by atoms with Crippen LogP contribution in [0.2, 0.25) is 0 Å². The zero-order chi connectivity index (χ0) is 29.3. The molecular formula is C28H34N8O4S. The van der Waals surface area contributed by atoms with Gasteiger partial charge in [-0.3, -0.25) is 14.3 Å². The van der Waals surface area contributed by atoms with Crippen molar-refractivity contribution in [3.05, 3.63) is 52.0 Å². The lowest BCUT2D eigenvalue weighted by Crippen LogP contribution is -2.28. The van der Waals surface area contributed by atoms with Crippen LogP contribution in [0, 0.1) is 5.92 Å². The number of nitrogens with one attached hydrogen (secondary N) is 1. The average Bonchev–Trinajstić information content (AvgIpc) is 3.90. The Labute approximate surface area is 239 Å². The van der Waals surface area contributed by atoms with Crippen molar-refractivity contribution in [2.24, 2.45) is 15.9 Å². The molecule has 0 saturated heterocycles. The Morgan fingerprint density at radius 3 is 2.56 bits per heavy atom. The van der Waals surface area contributed by atoms with Crippen LogP contribution in [0.15, 0.2) is 44.3 Å². The van der Waals surface area contributed by atoms with Crippen molar-refractivity contribution in [1.82, 2.24) is 24.5 Å². The minimum atomic E-state index is -3.35. The van der Waals surface area contributed by atoms with Gasteiger partial charge in [-0.2, -0.15) is 0 Å². The number of aliphatic imine (C=N–C) groups is 2. The lowest BCUT2D eigenvalue weighted by Gasteiger charge is -2.20. The maximum atomic E-state index is 13.9. The topological polar surface area (TPSA) is 154 Å². The van der Waals surface area contributed by atoms with Crippen LogP contribution < -0.4 is 15.6 Å². The Kier molecular flexibility index (Phi) is 7.98. The number of sulfone groups is 1. The van der Waals surface area contributed by atoms with Crippen molar-refractivity contribution < 1.29 is 13.2 Å². The summed E-state index contributed by atoms with van der Waals surface area (Å²) in [7, 11) is -1.79. The molecule has 1 N–H and O–H groups in total. The van der Waals surface area contributed by atoms with Gasteiger partial charge in [-0.05, 0) is 64.3 Å². The van der Waals surface area contributed by atoms with E-state index in [0.717, 1.165) is 31.4 Å². The van der Waals surface area contributed by atoms with E-state index >= 15 is 0 Å². The number of nitrogens with zero attached hydrogens (tertiary/aromatic N) is 7. The predicted octanol–water partition coefficient (Wildman–Crippen LogP) is 4.16. The zero-order valence-corrected chi connectivity index (χ0v) is 24.5. The fourth-order valence-electron chi connectivity index (χ4n) is 4.81. The quantitative estimate of drug-likeness (QED) is 0.312. The minimum absolute atomic E-state index is 0.00742. The van der Waals surface area contributed by atoms with Crippen molar-refractivity contribution >= 4 is 39.7 Å². The van der Waals surface area contributed by atoms with Gasteiger partial charge >= 0.3 is 0 Å². The van der Waals surface area contributed by atoms with Crippen molar-refractivity contribution in [3.8, 4) is 5.88 Å². The Bertz CT molecular complexity index is 1660. The molecule has 2 fully saturated rings. The van der Waals surface area contributed by atoms with Crippen molar-refractivity contribution in [3.63, 3.8) is 0 Å². The summed E-state index contributed by atoms with van der Waals surface area (Å²) in [5.74, 6) is 1.69. The first-order chi connectivity index (χ1) is 19.7. The van der Waals surface area contributed by atoms with E-state index in [1.807, 2.05) is 13.8 Å². The van der Waals surface area contributed by atoms with E-state index < -0.39 is 9.84 Å². The first-order valence-electron chi connectivity index (χ1n) is 13.7. The van der Waals surface area contributed by atoms with Crippen LogP contribution in [0.5, 0.6) is 5.88 Å². The van der Waals surface area contributed by atoms with Crippen LogP contribution in [0.1, 0.15) is 75.4 Å². The molecular weight excluding hydrogens is 544 g/mol. The Balaban J connectivity index is 1.54. The molecule has 2 saturated carbocycles. The summed E-state index contributed by atoms with van der Waals surface area (Å²) in [5.41, 5.74) is 2.41. The largest absolute Gasteiger partial charge is 0.480 e. The van der Waals surface area contributed by atoms with E-state index in [9.17, 15) is 13.2 Å². The van der Waals surface area contributed by atoms with E-state index in [0.29, 0.717) is 40.5 Å². The number of aromatic nitrogens is 5. The van der Waals surface area contributed by atoms with E-state index in [-0.39, 0.29) is 40.4 Å². The third-order valence-corrected chi connectivity index (χ3v) is 9.26. The summed E-state index contributed by atoms with van der Waals surface area (Å²) >= 11 is 0. The fraction of sp³-hybridized carbons (Fsp3) is 0.464. The second-order valence-corrected chi connectivity index (χ2v) is 12.7. The molecule has 0 radical (unpaired) electrons. The van der Waals surface area contributed by atoms with Crippen LogP contribution in [0.25, 0.3) is 0 Å². The number of rotatable bonds is 12. The van der Waals surface area contributed by atoms with Gasteiger partial charge in [0.05, 0.1) is 47.0 Å². The highest BCUT2D eigenvalue weighted by molar-refractivity contribution is 7.91. The second-order valence-electron chi connectivity index (χ2n) is 10.4. The maximum Gasteiger partial charge on any atom is 0.295 e. The molecule has 1 atom stereocenters. The molecule has 0 amide bonds. The molecule has 41 heavy (non-hydrogen) atoms. The van der Waals surface area contributed by atoms with Gasteiger partial charge in [0.15, 0.2) is 27.3 Å². The molecule has 0 aliphatic heterocycles. The Morgan fingerprint density at radius 2 is 1.98 bits per heavy atom. The monoisotopic (exact) mass is 578 g/mol. The van der Waals surface area contributed by atoms with Gasteiger partial charge in [-0.15, -0.1) is 0 Å². The van der Waals surface area contributed by atoms with E-state index in [4.69, 9.17) is 9.73 Å². The second kappa shape index (κ2) is 11.5. The van der Waals surface area contributed by atoms with Crippen LogP contribution in [0.3, 0.4) is 0 Å². The summed E-state index contributed by atoms with van der Waals surface area (Å²) in [5, 5.41) is 3.06. The number of anilines is 1.